The quantitative estimate of drug-likeness (QED) is 0.387. The third kappa shape index (κ3) is 3.80. The van der Waals surface area contributed by atoms with Gasteiger partial charge in [0.2, 0.25) is 0 Å². The highest BCUT2D eigenvalue weighted by molar-refractivity contribution is 6.39. The first-order valence-electron chi connectivity index (χ1n) is 12.1. The van der Waals surface area contributed by atoms with Crippen molar-refractivity contribution in [3.8, 4) is 11.1 Å². The van der Waals surface area contributed by atoms with Crippen LogP contribution in [0.25, 0.3) is 28.3 Å². The summed E-state index contributed by atoms with van der Waals surface area (Å²) in [5, 5.41) is 0. The molecule has 0 spiro atoms. The zero-order valence-corrected chi connectivity index (χ0v) is 21.0. The van der Waals surface area contributed by atoms with Gasteiger partial charge in [-0.15, -0.1) is 0 Å². The Balaban J connectivity index is 1.65. The molecule has 1 nitrogen and oxygen atoms in total. The van der Waals surface area contributed by atoms with Crippen LogP contribution in [-0.4, -0.2) is 5.78 Å². The van der Waals surface area contributed by atoms with Gasteiger partial charge in [-0.1, -0.05) is 108 Å². The molecule has 0 saturated carbocycles. The van der Waals surface area contributed by atoms with Gasteiger partial charge in [0.15, 0.2) is 5.78 Å². The molecule has 0 aliphatic heterocycles. The fraction of sp³-hybridized carbons (Fsp3) is 0.242. The highest BCUT2D eigenvalue weighted by Gasteiger charge is 2.36. The van der Waals surface area contributed by atoms with E-state index in [1.807, 2.05) is 6.07 Å². The van der Waals surface area contributed by atoms with Crippen molar-refractivity contribution in [2.45, 2.75) is 47.0 Å². The Morgan fingerprint density at radius 3 is 1.82 bits per heavy atom. The maximum atomic E-state index is 14.0. The minimum Gasteiger partial charge on any atom is -0.289 e. The number of fused-ring (bicyclic) bond motifs is 3. The van der Waals surface area contributed by atoms with Gasteiger partial charge < -0.3 is 0 Å². The van der Waals surface area contributed by atoms with Crippen LogP contribution in [-0.2, 0) is 10.2 Å². The molecule has 2 aliphatic carbocycles. The fourth-order valence-electron chi connectivity index (χ4n) is 4.92. The molecular weight excluding hydrogens is 412 g/mol. The number of hydrogen-bond acceptors (Lipinski definition) is 1. The van der Waals surface area contributed by atoms with Gasteiger partial charge in [-0.05, 0) is 73.6 Å². The fourth-order valence-corrected chi connectivity index (χ4v) is 4.92. The predicted molar refractivity (Wildman–Crippen MR) is 144 cm³/mol. The van der Waals surface area contributed by atoms with Gasteiger partial charge >= 0.3 is 0 Å². The van der Waals surface area contributed by atoms with Crippen molar-refractivity contribution >= 4 is 23.0 Å². The second-order valence-corrected chi connectivity index (χ2v) is 11.5. The molecular formula is C33H32O. The molecule has 3 aromatic rings. The van der Waals surface area contributed by atoms with Crippen LogP contribution in [0.5, 0.6) is 0 Å². The molecule has 0 aromatic heterocycles. The normalized spacial score (nSPS) is 15.6. The number of carbonyl (C=O) groups excluding carboxylic acids is 1. The minimum atomic E-state index is -0.161. The Kier molecular flexibility index (Phi) is 5.13. The summed E-state index contributed by atoms with van der Waals surface area (Å²) in [5.41, 5.74) is 10.6. The minimum absolute atomic E-state index is 0.0609. The van der Waals surface area contributed by atoms with Crippen molar-refractivity contribution in [1.29, 1.82) is 0 Å². The van der Waals surface area contributed by atoms with Gasteiger partial charge in [-0.3, -0.25) is 4.79 Å². The van der Waals surface area contributed by atoms with Crippen molar-refractivity contribution in [1.82, 2.24) is 0 Å². The van der Waals surface area contributed by atoms with E-state index in [-0.39, 0.29) is 16.6 Å². The van der Waals surface area contributed by atoms with Gasteiger partial charge in [-0.2, -0.15) is 0 Å². The summed E-state index contributed by atoms with van der Waals surface area (Å²) in [6.45, 7) is 13.3. The van der Waals surface area contributed by atoms with Crippen LogP contribution in [0.3, 0.4) is 0 Å². The van der Waals surface area contributed by atoms with Crippen LogP contribution in [0, 0.1) is 5.41 Å². The second kappa shape index (κ2) is 7.81. The molecule has 34 heavy (non-hydrogen) atoms. The molecule has 1 heteroatoms. The molecule has 0 atom stereocenters. The van der Waals surface area contributed by atoms with Crippen LogP contribution >= 0.6 is 0 Å². The Hall–Kier alpha value is -3.45. The Labute approximate surface area is 203 Å². The standard InChI is InChI=1S/C33H32O/c1-32(2,3)25-17-16-24-18-28-27(26(24)19-25)20-29(33(4,5)6)30(31(28)34)23-14-12-22(13-15-23)21-10-8-7-9-11-21/h7-20H,1-6H3. The van der Waals surface area contributed by atoms with Gasteiger partial charge in [0.1, 0.15) is 0 Å². The summed E-state index contributed by atoms with van der Waals surface area (Å²) < 4.78 is 0. The summed E-state index contributed by atoms with van der Waals surface area (Å²) >= 11 is 0. The van der Waals surface area contributed by atoms with Crippen molar-refractivity contribution in [2.75, 3.05) is 0 Å². The smallest absolute Gasteiger partial charge is 0.194 e. The van der Waals surface area contributed by atoms with E-state index < -0.39 is 0 Å². The van der Waals surface area contributed by atoms with Crippen molar-refractivity contribution in [2.24, 2.45) is 5.41 Å². The lowest BCUT2D eigenvalue weighted by Crippen LogP contribution is -2.20. The summed E-state index contributed by atoms with van der Waals surface area (Å²) in [6, 6.07) is 25.4. The number of allylic oxidation sites excluding steroid dienone is 5. The third-order valence-electron chi connectivity index (χ3n) is 6.92. The van der Waals surface area contributed by atoms with Crippen LogP contribution < -0.4 is 0 Å². The van der Waals surface area contributed by atoms with Gasteiger partial charge in [0, 0.05) is 11.1 Å². The number of hydrogen-bond donors (Lipinski definition) is 0. The molecule has 0 fully saturated rings. The van der Waals surface area contributed by atoms with E-state index in [1.54, 1.807) is 0 Å². The van der Waals surface area contributed by atoms with Crippen molar-refractivity contribution in [3.63, 3.8) is 0 Å². The molecule has 5 rings (SSSR count). The molecule has 0 radical (unpaired) electrons. The zero-order chi connectivity index (χ0) is 24.3. The number of Topliss-reactive ketones (excluding diaryl/α,β-unsaturated/α-hetero) is 1. The maximum Gasteiger partial charge on any atom is 0.194 e. The summed E-state index contributed by atoms with van der Waals surface area (Å²) in [4.78, 5) is 14.0. The lowest BCUT2D eigenvalue weighted by atomic mass is 9.73. The largest absolute Gasteiger partial charge is 0.289 e. The highest BCUT2D eigenvalue weighted by atomic mass is 16.1. The zero-order valence-electron chi connectivity index (χ0n) is 21.0. The molecule has 0 amide bonds. The number of rotatable bonds is 2. The average molecular weight is 445 g/mol. The van der Waals surface area contributed by atoms with E-state index >= 15 is 0 Å². The SMILES string of the molecule is CC(C)(C)C1=C(c2ccc(-c3ccccc3)cc2)C(=O)C2=Cc3ccc(C(C)(C)C)cc3C2=C1. The molecule has 2 aliphatic rings. The molecule has 0 bridgehead atoms. The Morgan fingerprint density at radius 1 is 0.588 bits per heavy atom. The molecule has 0 heterocycles. The van der Waals surface area contributed by atoms with E-state index in [1.165, 1.54) is 16.7 Å². The van der Waals surface area contributed by atoms with Crippen molar-refractivity contribution < 1.29 is 4.79 Å². The maximum absolute atomic E-state index is 14.0. The second-order valence-electron chi connectivity index (χ2n) is 11.5. The van der Waals surface area contributed by atoms with E-state index in [0.717, 1.165) is 39.0 Å². The van der Waals surface area contributed by atoms with E-state index in [0.29, 0.717) is 0 Å². The topological polar surface area (TPSA) is 17.1 Å². The van der Waals surface area contributed by atoms with Gasteiger partial charge in [0.05, 0.1) is 0 Å². The summed E-state index contributed by atoms with van der Waals surface area (Å²) in [6.07, 6.45) is 4.35. The molecule has 0 unspecified atom stereocenters. The predicted octanol–water partition coefficient (Wildman–Crippen LogP) is 8.51. The van der Waals surface area contributed by atoms with Gasteiger partial charge in [-0.25, -0.2) is 0 Å². The lowest BCUT2D eigenvalue weighted by Gasteiger charge is -2.29. The highest BCUT2D eigenvalue weighted by Crippen LogP contribution is 2.48. The van der Waals surface area contributed by atoms with E-state index in [4.69, 9.17) is 0 Å². The third-order valence-corrected chi connectivity index (χ3v) is 6.92. The van der Waals surface area contributed by atoms with Crippen LogP contribution in [0.4, 0.5) is 0 Å². The average Bonchev–Trinajstić information content (AvgIpc) is 3.17. The Morgan fingerprint density at radius 2 is 1.21 bits per heavy atom. The van der Waals surface area contributed by atoms with Crippen LogP contribution in [0.2, 0.25) is 0 Å². The molecule has 0 saturated heterocycles. The lowest BCUT2D eigenvalue weighted by molar-refractivity contribution is -0.110. The van der Waals surface area contributed by atoms with E-state index in [2.05, 4.69) is 120 Å². The first kappa shape index (κ1) is 22.3. The Bertz CT molecular complexity index is 1380. The first-order chi connectivity index (χ1) is 16.0. The number of carbonyl (C=O) groups is 1. The van der Waals surface area contributed by atoms with Crippen LogP contribution in [0.1, 0.15) is 63.8 Å². The summed E-state index contributed by atoms with van der Waals surface area (Å²) in [7, 11) is 0. The molecule has 0 N–H and O–H groups in total. The number of benzene rings is 3. The monoisotopic (exact) mass is 444 g/mol. The van der Waals surface area contributed by atoms with Gasteiger partial charge in [0.25, 0.3) is 0 Å². The number of ketones is 1. The summed E-state index contributed by atoms with van der Waals surface area (Å²) in [5.74, 6) is 0.128. The first-order valence-corrected chi connectivity index (χ1v) is 12.1. The van der Waals surface area contributed by atoms with E-state index in [9.17, 15) is 4.79 Å². The van der Waals surface area contributed by atoms with Crippen molar-refractivity contribution in [3.05, 3.63) is 112 Å². The molecule has 170 valence electrons. The molecule has 3 aromatic carbocycles. The van der Waals surface area contributed by atoms with Crippen LogP contribution in [0.15, 0.2) is 90.0 Å².